The van der Waals surface area contributed by atoms with E-state index < -0.39 is 0 Å². The van der Waals surface area contributed by atoms with E-state index in [2.05, 4.69) is 31.3 Å². The molecule has 1 saturated carbocycles. The molecule has 1 fully saturated rings. The predicted molar refractivity (Wildman–Crippen MR) is 143 cm³/mol. The fourth-order valence-corrected chi connectivity index (χ4v) is 4.66. The normalized spacial score (nSPS) is 13.8. The number of hydrogen-bond acceptors (Lipinski definition) is 9. The largest absolute Gasteiger partial charge is 0.464 e. The standard InChI is InChI=1S/C28H24N8O2/c1-3-38-28-30-13-18(14-31-28)20-5-4-6-23-24(20)27(37)36(19-8-9-19)26(35-23)16(2)34-25-21-11-17(12-29)7-10-22(21)32-15-33-25/h4-7,10-11,13-16,19H,3,8-9H2,1-2H3,(H,32,33,34)/t16-/m0/s1. The van der Waals surface area contributed by atoms with E-state index in [1.807, 2.05) is 36.6 Å². The van der Waals surface area contributed by atoms with Crippen molar-refractivity contribution in [3.8, 4) is 23.2 Å². The summed E-state index contributed by atoms with van der Waals surface area (Å²) in [7, 11) is 0. The summed E-state index contributed by atoms with van der Waals surface area (Å²) in [5.41, 5.74) is 3.20. The number of benzene rings is 2. The van der Waals surface area contributed by atoms with Crippen LogP contribution in [0.1, 0.15) is 50.2 Å². The van der Waals surface area contributed by atoms with Crippen LogP contribution in [0.3, 0.4) is 0 Å². The molecular formula is C28H24N8O2. The smallest absolute Gasteiger partial charge is 0.316 e. The lowest BCUT2D eigenvalue weighted by molar-refractivity contribution is 0.312. The highest BCUT2D eigenvalue weighted by Crippen LogP contribution is 2.37. The van der Waals surface area contributed by atoms with Crippen LogP contribution in [0, 0.1) is 11.3 Å². The monoisotopic (exact) mass is 504 g/mol. The van der Waals surface area contributed by atoms with Gasteiger partial charge in [-0.3, -0.25) is 9.36 Å². The Kier molecular flexibility index (Phi) is 5.88. The molecule has 1 aliphatic rings. The van der Waals surface area contributed by atoms with Crippen LogP contribution in [0.2, 0.25) is 0 Å². The van der Waals surface area contributed by atoms with E-state index in [9.17, 15) is 10.1 Å². The quantitative estimate of drug-likeness (QED) is 0.338. The van der Waals surface area contributed by atoms with E-state index in [1.54, 1.807) is 30.6 Å². The number of hydrogen-bond donors (Lipinski definition) is 1. The Hall–Kier alpha value is -4.91. The average Bonchev–Trinajstić information content (AvgIpc) is 3.78. The molecule has 0 bridgehead atoms. The van der Waals surface area contributed by atoms with Crippen molar-refractivity contribution >= 4 is 27.6 Å². The molecule has 5 aromatic rings. The second-order valence-corrected chi connectivity index (χ2v) is 9.20. The lowest BCUT2D eigenvalue weighted by atomic mass is 10.0. The van der Waals surface area contributed by atoms with Crippen LogP contribution >= 0.6 is 0 Å². The predicted octanol–water partition coefficient (Wildman–Crippen LogP) is 4.58. The van der Waals surface area contributed by atoms with Crippen molar-refractivity contribution in [3.05, 3.63) is 76.9 Å². The number of anilines is 1. The molecule has 3 heterocycles. The minimum absolute atomic E-state index is 0.0926. The van der Waals surface area contributed by atoms with Gasteiger partial charge in [-0.05, 0) is 56.5 Å². The van der Waals surface area contributed by atoms with E-state index in [4.69, 9.17) is 9.72 Å². The molecule has 38 heavy (non-hydrogen) atoms. The van der Waals surface area contributed by atoms with Gasteiger partial charge in [0.2, 0.25) is 0 Å². The first-order valence-corrected chi connectivity index (χ1v) is 12.5. The Balaban J connectivity index is 1.45. The van der Waals surface area contributed by atoms with Crippen molar-refractivity contribution in [3.63, 3.8) is 0 Å². The highest BCUT2D eigenvalue weighted by atomic mass is 16.5. The molecule has 1 N–H and O–H groups in total. The third-order valence-electron chi connectivity index (χ3n) is 6.59. The second-order valence-electron chi connectivity index (χ2n) is 9.20. The van der Waals surface area contributed by atoms with E-state index in [-0.39, 0.29) is 17.6 Å². The van der Waals surface area contributed by atoms with Crippen LogP contribution < -0.4 is 15.6 Å². The van der Waals surface area contributed by atoms with E-state index in [1.165, 1.54) is 6.33 Å². The zero-order chi connectivity index (χ0) is 26.2. The van der Waals surface area contributed by atoms with Crippen molar-refractivity contribution in [1.82, 2.24) is 29.5 Å². The van der Waals surface area contributed by atoms with Crippen molar-refractivity contribution < 1.29 is 4.74 Å². The van der Waals surface area contributed by atoms with Crippen molar-refractivity contribution in [2.45, 2.75) is 38.8 Å². The summed E-state index contributed by atoms with van der Waals surface area (Å²) in [5, 5.41) is 14.0. The Morgan fingerprint density at radius 2 is 1.95 bits per heavy atom. The lowest BCUT2D eigenvalue weighted by Gasteiger charge is -2.21. The lowest BCUT2D eigenvalue weighted by Crippen LogP contribution is -2.28. The number of nitrogens with one attached hydrogen (secondary N) is 1. The van der Waals surface area contributed by atoms with Gasteiger partial charge in [0.05, 0.1) is 40.7 Å². The molecule has 3 aromatic heterocycles. The molecule has 10 nitrogen and oxygen atoms in total. The van der Waals surface area contributed by atoms with Gasteiger partial charge >= 0.3 is 6.01 Å². The first-order valence-electron chi connectivity index (χ1n) is 12.5. The summed E-state index contributed by atoms with van der Waals surface area (Å²) in [6, 6.07) is 13.1. The van der Waals surface area contributed by atoms with Gasteiger partial charge < -0.3 is 10.1 Å². The van der Waals surface area contributed by atoms with Crippen LogP contribution in [0.5, 0.6) is 6.01 Å². The number of fused-ring (bicyclic) bond motifs is 2. The molecular weight excluding hydrogens is 480 g/mol. The van der Waals surface area contributed by atoms with Gasteiger partial charge in [0.15, 0.2) is 0 Å². The number of aromatic nitrogens is 6. The number of nitriles is 1. The second kappa shape index (κ2) is 9.52. The van der Waals surface area contributed by atoms with Gasteiger partial charge in [0, 0.05) is 29.4 Å². The van der Waals surface area contributed by atoms with E-state index >= 15 is 0 Å². The zero-order valence-corrected chi connectivity index (χ0v) is 20.9. The van der Waals surface area contributed by atoms with Crippen LogP contribution in [-0.2, 0) is 0 Å². The van der Waals surface area contributed by atoms with Gasteiger partial charge in [-0.1, -0.05) is 12.1 Å². The summed E-state index contributed by atoms with van der Waals surface area (Å²) in [5.74, 6) is 1.21. The maximum Gasteiger partial charge on any atom is 0.316 e. The molecule has 0 amide bonds. The molecule has 0 radical (unpaired) electrons. The number of rotatable bonds is 7. The van der Waals surface area contributed by atoms with Crippen molar-refractivity contribution in [2.24, 2.45) is 0 Å². The fourth-order valence-electron chi connectivity index (χ4n) is 4.66. The molecule has 188 valence electrons. The molecule has 1 atom stereocenters. The molecule has 1 aliphatic carbocycles. The zero-order valence-electron chi connectivity index (χ0n) is 20.9. The van der Waals surface area contributed by atoms with Gasteiger partial charge in [-0.2, -0.15) is 5.26 Å². The Bertz CT molecular complexity index is 1770. The molecule has 0 saturated heterocycles. The topological polar surface area (TPSA) is 132 Å². The highest BCUT2D eigenvalue weighted by Gasteiger charge is 2.31. The van der Waals surface area contributed by atoms with E-state index in [0.29, 0.717) is 40.7 Å². The Labute approximate surface area is 218 Å². The van der Waals surface area contributed by atoms with Crippen molar-refractivity contribution in [2.75, 3.05) is 11.9 Å². The van der Waals surface area contributed by atoms with Gasteiger partial charge in [0.25, 0.3) is 5.56 Å². The molecule has 6 rings (SSSR count). The Morgan fingerprint density at radius 3 is 2.68 bits per heavy atom. The maximum atomic E-state index is 14.0. The molecule has 0 aliphatic heterocycles. The summed E-state index contributed by atoms with van der Waals surface area (Å²) in [4.78, 5) is 36.3. The average molecular weight is 505 g/mol. The molecule has 0 unspecified atom stereocenters. The first kappa shape index (κ1) is 23.5. The first-order chi connectivity index (χ1) is 18.6. The van der Waals surface area contributed by atoms with Crippen LogP contribution in [0.25, 0.3) is 32.9 Å². The van der Waals surface area contributed by atoms with Crippen molar-refractivity contribution in [1.29, 1.82) is 5.26 Å². The van der Waals surface area contributed by atoms with Gasteiger partial charge in [-0.15, -0.1) is 0 Å². The summed E-state index contributed by atoms with van der Waals surface area (Å²) < 4.78 is 7.17. The number of nitrogens with zero attached hydrogens (tertiary/aromatic N) is 7. The number of ether oxygens (including phenoxy) is 1. The third-order valence-corrected chi connectivity index (χ3v) is 6.59. The van der Waals surface area contributed by atoms with Gasteiger partial charge in [0.1, 0.15) is 18.0 Å². The van der Waals surface area contributed by atoms with Crippen LogP contribution in [-0.4, -0.2) is 36.1 Å². The molecule has 10 heteroatoms. The van der Waals surface area contributed by atoms with E-state index in [0.717, 1.165) is 34.9 Å². The third kappa shape index (κ3) is 4.18. The van der Waals surface area contributed by atoms with Gasteiger partial charge in [-0.25, -0.2) is 24.9 Å². The summed E-state index contributed by atoms with van der Waals surface area (Å²) >= 11 is 0. The fraction of sp³-hybridized carbons (Fsp3) is 0.250. The molecule has 0 spiro atoms. The SMILES string of the molecule is CCOc1ncc(-c2cccc3nc([C@H](C)Nc4ncnc5ccc(C#N)cc45)n(C4CC4)c(=O)c23)cn1. The molecule has 2 aromatic carbocycles. The summed E-state index contributed by atoms with van der Waals surface area (Å²) in [6.07, 6.45) is 6.66. The summed E-state index contributed by atoms with van der Waals surface area (Å²) in [6.45, 7) is 4.31. The van der Waals surface area contributed by atoms with Crippen LogP contribution in [0.15, 0.2) is 59.9 Å². The minimum Gasteiger partial charge on any atom is -0.464 e. The maximum absolute atomic E-state index is 14.0. The Morgan fingerprint density at radius 1 is 1.13 bits per heavy atom. The van der Waals surface area contributed by atoms with Crippen LogP contribution in [0.4, 0.5) is 5.82 Å². The highest BCUT2D eigenvalue weighted by molar-refractivity contribution is 5.94. The minimum atomic E-state index is -0.339.